The minimum Gasteiger partial charge on any atom is -0.348 e. The molecule has 2 aliphatic rings. The molecule has 1 aliphatic heterocycles. The zero-order valence-corrected chi connectivity index (χ0v) is 13.2. The van der Waals surface area contributed by atoms with Crippen molar-refractivity contribution in [3.05, 3.63) is 34.6 Å². The van der Waals surface area contributed by atoms with Crippen molar-refractivity contribution in [2.24, 2.45) is 5.92 Å². The number of rotatable bonds is 4. The van der Waals surface area contributed by atoms with Gasteiger partial charge in [-0.15, -0.1) is 0 Å². The van der Waals surface area contributed by atoms with Gasteiger partial charge in [-0.3, -0.25) is 14.9 Å². The van der Waals surface area contributed by atoms with E-state index in [1.165, 1.54) is 6.07 Å². The third-order valence-corrected chi connectivity index (χ3v) is 5.10. The Morgan fingerprint density at radius 1 is 1.50 bits per heavy atom. The van der Waals surface area contributed by atoms with Crippen molar-refractivity contribution < 1.29 is 14.0 Å². The first kappa shape index (κ1) is 15.4. The van der Waals surface area contributed by atoms with E-state index >= 15 is 0 Å². The molecular formula is C16H18ClFN2O2. The van der Waals surface area contributed by atoms with Crippen LogP contribution in [0.2, 0.25) is 5.02 Å². The predicted molar refractivity (Wildman–Crippen MR) is 81.0 cm³/mol. The number of carbonyl (C=O) groups is 2. The molecule has 0 bridgehead atoms. The summed E-state index contributed by atoms with van der Waals surface area (Å²) < 4.78 is 14.0. The summed E-state index contributed by atoms with van der Waals surface area (Å²) in [5.74, 6) is -0.389. The number of Topliss-reactive ketones (excluding diaryl/α,β-unsaturated/α-hetero) is 1. The number of piperidine rings is 1. The van der Waals surface area contributed by atoms with Crippen LogP contribution in [0.4, 0.5) is 4.39 Å². The summed E-state index contributed by atoms with van der Waals surface area (Å²) in [5, 5.41) is 5.97. The number of ketones is 1. The van der Waals surface area contributed by atoms with E-state index in [-0.39, 0.29) is 22.6 Å². The van der Waals surface area contributed by atoms with Crippen LogP contribution in [-0.4, -0.2) is 23.3 Å². The van der Waals surface area contributed by atoms with Gasteiger partial charge in [0, 0.05) is 5.56 Å². The van der Waals surface area contributed by atoms with Crippen LogP contribution in [0.1, 0.15) is 38.3 Å². The van der Waals surface area contributed by atoms with E-state index in [4.69, 9.17) is 11.6 Å². The first-order valence-corrected chi connectivity index (χ1v) is 7.76. The Morgan fingerprint density at radius 3 is 2.86 bits per heavy atom. The molecule has 1 heterocycles. The summed E-state index contributed by atoms with van der Waals surface area (Å²) >= 11 is 5.76. The fraction of sp³-hybridized carbons (Fsp3) is 0.500. The zero-order valence-electron chi connectivity index (χ0n) is 12.5. The van der Waals surface area contributed by atoms with Gasteiger partial charge >= 0.3 is 0 Å². The quantitative estimate of drug-likeness (QED) is 0.894. The summed E-state index contributed by atoms with van der Waals surface area (Å²) in [6, 6.07) is 3.84. The van der Waals surface area contributed by atoms with Crippen molar-refractivity contribution >= 4 is 23.3 Å². The van der Waals surface area contributed by atoms with Crippen LogP contribution in [-0.2, 0) is 9.59 Å². The van der Waals surface area contributed by atoms with Gasteiger partial charge in [-0.2, -0.15) is 0 Å². The van der Waals surface area contributed by atoms with Crippen molar-refractivity contribution in [3.8, 4) is 0 Å². The largest absolute Gasteiger partial charge is 0.348 e. The molecule has 6 heteroatoms. The van der Waals surface area contributed by atoms with Crippen LogP contribution >= 0.6 is 11.6 Å². The maximum Gasteiger partial charge on any atom is 0.237 e. The summed E-state index contributed by atoms with van der Waals surface area (Å²) in [4.78, 5) is 24.0. The fourth-order valence-electron chi connectivity index (χ4n) is 3.40. The molecule has 4 nitrogen and oxygen atoms in total. The number of hydrogen-bond acceptors (Lipinski definition) is 3. The molecule has 2 fully saturated rings. The molecule has 0 aromatic heterocycles. The number of hydrogen-bond donors (Lipinski definition) is 2. The molecule has 118 valence electrons. The molecule has 3 rings (SSSR count). The van der Waals surface area contributed by atoms with Crippen molar-refractivity contribution in [1.29, 1.82) is 0 Å². The fourth-order valence-corrected chi connectivity index (χ4v) is 3.58. The number of benzene rings is 1. The van der Waals surface area contributed by atoms with Gasteiger partial charge in [0.25, 0.3) is 0 Å². The summed E-state index contributed by atoms with van der Waals surface area (Å²) in [7, 11) is 0. The van der Waals surface area contributed by atoms with Gasteiger partial charge in [0.2, 0.25) is 5.91 Å². The highest BCUT2D eigenvalue weighted by molar-refractivity contribution is 6.30. The molecule has 0 spiro atoms. The Kier molecular flexibility index (Phi) is 3.73. The molecule has 4 atom stereocenters. The lowest BCUT2D eigenvalue weighted by atomic mass is 10.1. The van der Waals surface area contributed by atoms with Gasteiger partial charge < -0.3 is 5.32 Å². The maximum atomic E-state index is 14.0. The van der Waals surface area contributed by atoms with Gasteiger partial charge in [0.15, 0.2) is 0 Å². The Morgan fingerprint density at radius 2 is 2.23 bits per heavy atom. The molecule has 1 aromatic rings. The molecular weight excluding hydrogens is 307 g/mol. The Balaban J connectivity index is 1.66. The van der Waals surface area contributed by atoms with E-state index in [2.05, 4.69) is 10.6 Å². The maximum absolute atomic E-state index is 14.0. The highest BCUT2D eigenvalue weighted by Gasteiger charge is 2.64. The third-order valence-electron chi connectivity index (χ3n) is 4.81. The first-order valence-electron chi connectivity index (χ1n) is 7.38. The number of halogens is 2. The average Bonchev–Trinajstić information content (AvgIpc) is 3.04. The van der Waals surface area contributed by atoms with Crippen molar-refractivity contribution in [2.75, 3.05) is 0 Å². The zero-order chi connectivity index (χ0) is 16.1. The minimum atomic E-state index is -0.514. The second-order valence-corrected chi connectivity index (χ2v) is 6.64. The summed E-state index contributed by atoms with van der Waals surface area (Å²) in [6.07, 6.45) is 1.46. The van der Waals surface area contributed by atoms with E-state index in [1.54, 1.807) is 26.0 Å². The average molecular weight is 325 g/mol. The molecule has 1 aliphatic carbocycles. The smallest absolute Gasteiger partial charge is 0.237 e. The van der Waals surface area contributed by atoms with Crippen LogP contribution in [0, 0.1) is 11.7 Å². The van der Waals surface area contributed by atoms with Crippen LogP contribution < -0.4 is 10.6 Å². The predicted octanol–water partition coefficient (Wildman–Crippen LogP) is 2.37. The van der Waals surface area contributed by atoms with Crippen LogP contribution in [0.15, 0.2) is 18.2 Å². The van der Waals surface area contributed by atoms with Gasteiger partial charge in [0.05, 0.1) is 22.6 Å². The van der Waals surface area contributed by atoms with Crippen LogP contribution in [0.3, 0.4) is 0 Å². The Bertz CT molecular complexity index is 651. The lowest BCUT2D eigenvalue weighted by Crippen LogP contribution is -2.48. The minimum absolute atomic E-state index is 0.0365. The van der Waals surface area contributed by atoms with Crippen molar-refractivity contribution in [1.82, 2.24) is 10.6 Å². The first-order chi connectivity index (χ1) is 10.3. The molecule has 2 N–H and O–H groups in total. The molecule has 22 heavy (non-hydrogen) atoms. The van der Waals surface area contributed by atoms with E-state index < -0.39 is 23.4 Å². The standard InChI is InChI=1S/C16H18ClFN2O2/c1-8(11-4-3-5-12(17)14(11)18)19-15(22)13-6-10-7-16(10,20-13)9(2)21/h3-5,8,10,13,20H,6-7H2,1-2H3,(H,19,22)/t8-,10?,13?,16?/m0/s1. The highest BCUT2D eigenvalue weighted by Crippen LogP contribution is 2.52. The Labute approximate surface area is 133 Å². The van der Waals surface area contributed by atoms with Crippen LogP contribution in [0.5, 0.6) is 0 Å². The van der Waals surface area contributed by atoms with Crippen molar-refractivity contribution in [2.45, 2.75) is 44.3 Å². The van der Waals surface area contributed by atoms with E-state index in [9.17, 15) is 14.0 Å². The van der Waals surface area contributed by atoms with Gasteiger partial charge in [-0.05, 0) is 38.7 Å². The lowest BCUT2D eigenvalue weighted by Gasteiger charge is -2.21. The van der Waals surface area contributed by atoms with E-state index in [0.29, 0.717) is 12.0 Å². The molecule has 1 aromatic carbocycles. The normalized spacial score (nSPS) is 30.5. The van der Waals surface area contributed by atoms with Gasteiger partial charge in [0.1, 0.15) is 11.6 Å². The van der Waals surface area contributed by atoms with Crippen molar-refractivity contribution in [3.63, 3.8) is 0 Å². The van der Waals surface area contributed by atoms with Gasteiger partial charge in [-0.25, -0.2) is 4.39 Å². The second-order valence-electron chi connectivity index (χ2n) is 6.23. The SMILES string of the molecule is CC(=O)C12CC1CC(C(=O)N[C@@H](C)c1cccc(Cl)c1F)N2. The molecule has 3 unspecified atom stereocenters. The molecule has 1 amide bonds. The second kappa shape index (κ2) is 5.32. The topological polar surface area (TPSA) is 58.2 Å². The van der Waals surface area contributed by atoms with E-state index in [1.807, 2.05) is 0 Å². The monoisotopic (exact) mass is 324 g/mol. The number of nitrogens with one attached hydrogen (secondary N) is 2. The molecule has 0 radical (unpaired) electrons. The number of amides is 1. The van der Waals surface area contributed by atoms with E-state index in [0.717, 1.165) is 6.42 Å². The molecule has 1 saturated carbocycles. The lowest BCUT2D eigenvalue weighted by molar-refractivity contribution is -0.124. The number of carbonyl (C=O) groups excluding carboxylic acids is 2. The summed E-state index contributed by atoms with van der Waals surface area (Å²) in [6.45, 7) is 3.26. The highest BCUT2D eigenvalue weighted by atomic mass is 35.5. The van der Waals surface area contributed by atoms with Gasteiger partial charge in [-0.1, -0.05) is 23.7 Å². The molecule has 1 saturated heterocycles. The summed E-state index contributed by atoms with van der Waals surface area (Å²) in [5.41, 5.74) is -0.141. The van der Waals surface area contributed by atoms with Crippen LogP contribution in [0.25, 0.3) is 0 Å². The number of fused-ring (bicyclic) bond motifs is 1. The Hall–Kier alpha value is -1.46. The third kappa shape index (κ3) is 2.42.